The van der Waals surface area contributed by atoms with Crippen LogP contribution in [0.15, 0.2) is 48.0 Å². The fourth-order valence-electron chi connectivity index (χ4n) is 1.88. The Morgan fingerprint density at radius 2 is 1.95 bits per heavy atom. The fraction of sp³-hybridized carbons (Fsp3) is 0. The van der Waals surface area contributed by atoms with Crippen LogP contribution in [0.4, 0.5) is 4.39 Å². The van der Waals surface area contributed by atoms with Gasteiger partial charge >= 0.3 is 5.97 Å². The lowest BCUT2D eigenvalue weighted by molar-refractivity contribution is 0.0697. The van der Waals surface area contributed by atoms with Crippen molar-refractivity contribution < 1.29 is 14.3 Å². The number of halogens is 1. The van der Waals surface area contributed by atoms with E-state index in [1.165, 1.54) is 35.7 Å². The van der Waals surface area contributed by atoms with Crippen molar-refractivity contribution in [3.8, 4) is 22.0 Å². The summed E-state index contributed by atoms with van der Waals surface area (Å²) in [7, 11) is 0. The summed E-state index contributed by atoms with van der Waals surface area (Å²) < 4.78 is 12.9. The number of carboxylic acid groups (broad SMARTS) is 1. The maximum absolute atomic E-state index is 12.9. The zero-order valence-corrected chi connectivity index (χ0v) is 11.5. The van der Waals surface area contributed by atoms with Gasteiger partial charge in [-0.15, -0.1) is 11.3 Å². The van der Waals surface area contributed by atoms with Gasteiger partial charge in [-0.1, -0.05) is 0 Å². The second-order valence-corrected chi connectivity index (χ2v) is 5.11. The highest BCUT2D eigenvalue weighted by molar-refractivity contribution is 7.13. The Morgan fingerprint density at radius 1 is 1.19 bits per heavy atom. The van der Waals surface area contributed by atoms with Crippen molar-refractivity contribution in [1.82, 2.24) is 9.97 Å². The molecule has 3 aromatic rings. The Morgan fingerprint density at radius 3 is 2.67 bits per heavy atom. The summed E-state index contributed by atoms with van der Waals surface area (Å²) in [6, 6.07) is 9.04. The van der Waals surface area contributed by atoms with Crippen molar-refractivity contribution in [2.45, 2.75) is 0 Å². The van der Waals surface area contributed by atoms with E-state index in [1.807, 2.05) is 0 Å². The molecule has 21 heavy (non-hydrogen) atoms. The number of carbonyl (C=O) groups is 1. The molecule has 0 spiro atoms. The Kier molecular flexibility index (Phi) is 3.45. The smallest absolute Gasteiger partial charge is 0.338 e. The molecule has 0 saturated carbocycles. The normalized spacial score (nSPS) is 10.5. The first-order chi connectivity index (χ1) is 10.1. The number of hydrogen-bond donors (Lipinski definition) is 1. The minimum Gasteiger partial charge on any atom is -0.478 e. The van der Waals surface area contributed by atoms with Crippen LogP contribution in [0.5, 0.6) is 0 Å². The zero-order chi connectivity index (χ0) is 14.8. The Hall–Kier alpha value is -2.60. The van der Waals surface area contributed by atoms with Crippen LogP contribution in [-0.4, -0.2) is 21.0 Å². The molecule has 1 N–H and O–H groups in total. The van der Waals surface area contributed by atoms with E-state index in [2.05, 4.69) is 9.97 Å². The topological polar surface area (TPSA) is 63.1 Å². The van der Waals surface area contributed by atoms with Gasteiger partial charge in [0.2, 0.25) is 0 Å². The van der Waals surface area contributed by atoms with E-state index in [1.54, 1.807) is 23.6 Å². The van der Waals surface area contributed by atoms with Crippen LogP contribution in [0.25, 0.3) is 22.0 Å². The molecule has 0 aliphatic heterocycles. The van der Waals surface area contributed by atoms with E-state index >= 15 is 0 Å². The molecule has 0 radical (unpaired) electrons. The first-order valence-electron chi connectivity index (χ1n) is 6.05. The Bertz CT molecular complexity index is 799. The molecule has 104 valence electrons. The number of aromatic carboxylic acids is 1. The molecule has 0 aliphatic carbocycles. The third-order valence-corrected chi connectivity index (χ3v) is 3.73. The van der Waals surface area contributed by atoms with Gasteiger partial charge in [-0.2, -0.15) is 0 Å². The number of hydrogen-bond acceptors (Lipinski definition) is 4. The monoisotopic (exact) mass is 300 g/mol. The van der Waals surface area contributed by atoms with E-state index < -0.39 is 5.97 Å². The predicted molar refractivity (Wildman–Crippen MR) is 77.7 cm³/mol. The van der Waals surface area contributed by atoms with E-state index in [0.29, 0.717) is 16.4 Å². The zero-order valence-electron chi connectivity index (χ0n) is 10.7. The minimum atomic E-state index is -1.04. The van der Waals surface area contributed by atoms with Gasteiger partial charge in [0.1, 0.15) is 16.5 Å². The number of carboxylic acids is 1. The van der Waals surface area contributed by atoms with Crippen LogP contribution in [0, 0.1) is 5.82 Å². The molecule has 2 heterocycles. The first-order valence-corrected chi connectivity index (χ1v) is 6.93. The minimum absolute atomic E-state index is 0.109. The average Bonchev–Trinajstić information content (AvgIpc) is 2.97. The lowest BCUT2D eigenvalue weighted by atomic mass is 10.1. The van der Waals surface area contributed by atoms with Crippen molar-refractivity contribution in [2.75, 3.05) is 0 Å². The molecule has 3 rings (SSSR count). The first kappa shape index (κ1) is 13.4. The highest BCUT2D eigenvalue weighted by Crippen LogP contribution is 2.29. The lowest BCUT2D eigenvalue weighted by Gasteiger charge is -2.00. The van der Waals surface area contributed by atoms with Gasteiger partial charge in [0, 0.05) is 17.1 Å². The highest BCUT2D eigenvalue weighted by Gasteiger charge is 2.16. The van der Waals surface area contributed by atoms with Crippen molar-refractivity contribution in [3.63, 3.8) is 0 Å². The number of aromatic nitrogens is 2. The second-order valence-electron chi connectivity index (χ2n) is 4.25. The molecular formula is C15H9FN2O2S. The van der Waals surface area contributed by atoms with Crippen LogP contribution >= 0.6 is 11.3 Å². The Balaban J connectivity index is 2.03. The lowest BCUT2D eigenvalue weighted by Crippen LogP contribution is -2.00. The summed E-state index contributed by atoms with van der Waals surface area (Å²) in [5, 5.41) is 11.5. The summed E-state index contributed by atoms with van der Waals surface area (Å²) >= 11 is 1.30. The quantitative estimate of drug-likeness (QED) is 0.801. The number of rotatable bonds is 3. The van der Waals surface area contributed by atoms with Crippen molar-refractivity contribution in [1.29, 1.82) is 0 Å². The summed E-state index contributed by atoms with van der Waals surface area (Å²) in [5.41, 5.74) is 1.88. The average molecular weight is 300 g/mol. The molecule has 0 bridgehead atoms. The number of benzene rings is 1. The van der Waals surface area contributed by atoms with E-state index in [-0.39, 0.29) is 11.4 Å². The van der Waals surface area contributed by atoms with Gasteiger partial charge in [-0.05, 0) is 36.4 Å². The van der Waals surface area contributed by atoms with Gasteiger partial charge in [-0.3, -0.25) is 4.98 Å². The van der Waals surface area contributed by atoms with E-state index in [9.17, 15) is 14.3 Å². The second kappa shape index (κ2) is 5.41. The van der Waals surface area contributed by atoms with Gasteiger partial charge in [0.15, 0.2) is 0 Å². The number of pyridine rings is 1. The largest absolute Gasteiger partial charge is 0.478 e. The number of nitrogens with zero attached hydrogens (tertiary/aromatic N) is 2. The van der Waals surface area contributed by atoms with Crippen LogP contribution in [0.2, 0.25) is 0 Å². The van der Waals surface area contributed by atoms with Gasteiger partial charge in [-0.25, -0.2) is 14.2 Å². The van der Waals surface area contributed by atoms with Crippen LogP contribution in [0.1, 0.15) is 10.4 Å². The maximum atomic E-state index is 12.9. The van der Waals surface area contributed by atoms with Crippen molar-refractivity contribution in [2.24, 2.45) is 0 Å². The van der Waals surface area contributed by atoms with Gasteiger partial charge < -0.3 is 5.11 Å². The Labute approximate surface area is 123 Å². The molecule has 0 fully saturated rings. The summed E-state index contributed by atoms with van der Waals surface area (Å²) in [6.45, 7) is 0. The van der Waals surface area contributed by atoms with Crippen LogP contribution < -0.4 is 0 Å². The standard InChI is InChI=1S/C15H9FN2O2S/c16-10-5-3-9(4-6-10)12-8-21-14(18-12)13-11(15(19)20)2-1-7-17-13/h1-8H,(H,19,20). The van der Waals surface area contributed by atoms with E-state index in [4.69, 9.17) is 0 Å². The van der Waals surface area contributed by atoms with Gasteiger partial charge in [0.25, 0.3) is 0 Å². The highest BCUT2D eigenvalue weighted by atomic mass is 32.1. The molecule has 0 aliphatic rings. The number of thiazole rings is 1. The van der Waals surface area contributed by atoms with Crippen LogP contribution in [-0.2, 0) is 0 Å². The fourth-order valence-corrected chi connectivity index (χ4v) is 2.72. The molecule has 0 amide bonds. The van der Waals surface area contributed by atoms with Crippen molar-refractivity contribution in [3.05, 3.63) is 59.4 Å². The molecule has 4 nitrogen and oxygen atoms in total. The molecule has 2 aromatic heterocycles. The predicted octanol–water partition coefficient (Wildman–Crippen LogP) is 3.71. The molecular weight excluding hydrogens is 291 g/mol. The van der Waals surface area contributed by atoms with E-state index in [0.717, 1.165) is 5.56 Å². The molecule has 6 heteroatoms. The molecule has 1 aromatic carbocycles. The summed E-state index contributed by atoms with van der Waals surface area (Å²) in [5.74, 6) is -1.36. The SMILES string of the molecule is O=C(O)c1cccnc1-c1nc(-c2ccc(F)cc2)cs1. The third-order valence-electron chi connectivity index (χ3n) is 2.88. The molecule has 0 unspecified atom stereocenters. The molecule has 0 atom stereocenters. The van der Waals surface area contributed by atoms with Crippen LogP contribution in [0.3, 0.4) is 0 Å². The molecule has 0 saturated heterocycles. The summed E-state index contributed by atoms with van der Waals surface area (Å²) in [6.07, 6.45) is 1.53. The van der Waals surface area contributed by atoms with Gasteiger partial charge in [0.05, 0.1) is 11.3 Å². The van der Waals surface area contributed by atoms with Crippen molar-refractivity contribution >= 4 is 17.3 Å². The summed E-state index contributed by atoms with van der Waals surface area (Å²) in [4.78, 5) is 19.7. The third kappa shape index (κ3) is 2.66. The maximum Gasteiger partial charge on any atom is 0.338 e.